The molecular weight excluding hydrogens is 272 g/mol. The number of hydrogen-bond acceptors (Lipinski definition) is 5. The highest BCUT2D eigenvalue weighted by molar-refractivity contribution is 8.00. The molecule has 9 heteroatoms. The zero-order chi connectivity index (χ0) is 13.8. The molecule has 0 unspecified atom stereocenters. The maximum atomic E-state index is 13.2. The lowest BCUT2D eigenvalue weighted by Gasteiger charge is -2.13. The second-order valence-electron chi connectivity index (χ2n) is 3.48. The van der Waals surface area contributed by atoms with Crippen LogP contribution in [0.2, 0.25) is 0 Å². The first kappa shape index (κ1) is 14.8. The van der Waals surface area contributed by atoms with E-state index in [0.717, 1.165) is 6.20 Å². The molecule has 0 atom stereocenters. The quantitative estimate of drug-likeness (QED) is 0.664. The second kappa shape index (κ2) is 6.07. The normalized spacial score (nSPS) is 11.4. The van der Waals surface area contributed by atoms with E-state index in [4.69, 9.17) is 0 Å². The smallest absolute Gasteiger partial charge is 0.360 e. The summed E-state index contributed by atoms with van der Waals surface area (Å²) >= 11 is -0.136. The predicted molar refractivity (Wildman–Crippen MR) is 63.3 cm³/mol. The van der Waals surface area contributed by atoms with Crippen LogP contribution < -0.4 is 10.2 Å². The summed E-state index contributed by atoms with van der Waals surface area (Å²) in [5.41, 5.74) is -4.25. The summed E-state index contributed by atoms with van der Waals surface area (Å²) < 4.78 is 48.8. The van der Waals surface area contributed by atoms with Crippen LogP contribution in [0.4, 0.5) is 29.3 Å². The summed E-state index contributed by atoms with van der Waals surface area (Å²) in [5, 5.41) is 2.60. The number of aromatic nitrogens is 2. The average molecular weight is 284 g/mol. The molecule has 0 aliphatic rings. The van der Waals surface area contributed by atoms with Crippen molar-refractivity contribution in [2.45, 2.75) is 5.51 Å². The van der Waals surface area contributed by atoms with Gasteiger partial charge in [0.1, 0.15) is 0 Å². The van der Waals surface area contributed by atoms with Gasteiger partial charge in [-0.15, -0.1) is 0 Å². The third kappa shape index (κ3) is 4.94. The highest BCUT2D eigenvalue weighted by Crippen LogP contribution is 2.29. The fourth-order valence-corrected chi connectivity index (χ4v) is 1.52. The van der Waals surface area contributed by atoms with E-state index in [1.165, 1.54) is 4.90 Å². The molecule has 4 nitrogen and oxygen atoms in total. The average Bonchev–Trinajstić information content (AvgIpc) is 2.24. The van der Waals surface area contributed by atoms with Gasteiger partial charge in [0.15, 0.2) is 11.6 Å². The van der Waals surface area contributed by atoms with Gasteiger partial charge in [-0.25, -0.2) is 9.37 Å². The van der Waals surface area contributed by atoms with Gasteiger partial charge in [-0.05, 0) is 11.8 Å². The Labute approximate surface area is 106 Å². The van der Waals surface area contributed by atoms with E-state index in [1.807, 2.05) is 0 Å². The third-order valence-corrected chi connectivity index (χ3v) is 2.54. The number of alkyl halides is 3. The molecular formula is C9H12F4N4S. The van der Waals surface area contributed by atoms with E-state index >= 15 is 0 Å². The third-order valence-electron chi connectivity index (χ3n) is 1.80. The van der Waals surface area contributed by atoms with Gasteiger partial charge in [-0.2, -0.15) is 18.2 Å². The number of hydrogen-bond donors (Lipinski definition) is 1. The van der Waals surface area contributed by atoms with Crippen molar-refractivity contribution in [3.05, 3.63) is 12.0 Å². The minimum Gasteiger partial charge on any atom is -0.360 e. The predicted octanol–water partition coefficient (Wildman–Crippen LogP) is 2.35. The minimum absolute atomic E-state index is 0.0443. The molecule has 0 saturated carbocycles. The van der Waals surface area contributed by atoms with Crippen molar-refractivity contribution in [3.63, 3.8) is 0 Å². The molecule has 0 aliphatic heterocycles. The van der Waals surface area contributed by atoms with Gasteiger partial charge in [0, 0.05) is 26.4 Å². The van der Waals surface area contributed by atoms with E-state index in [-0.39, 0.29) is 35.8 Å². The molecule has 0 spiro atoms. The van der Waals surface area contributed by atoms with Gasteiger partial charge in [0.05, 0.1) is 6.20 Å². The summed E-state index contributed by atoms with van der Waals surface area (Å²) in [6.45, 7) is 0.0443. The molecule has 102 valence electrons. The Morgan fingerprint density at radius 2 is 2.06 bits per heavy atom. The fraction of sp³-hybridized carbons (Fsp3) is 0.556. The molecule has 0 fully saturated rings. The lowest BCUT2D eigenvalue weighted by molar-refractivity contribution is -0.0327. The summed E-state index contributed by atoms with van der Waals surface area (Å²) in [7, 11) is 3.21. The van der Waals surface area contributed by atoms with Gasteiger partial charge in [-0.1, -0.05) is 0 Å². The molecule has 0 aliphatic carbocycles. The molecule has 0 saturated heterocycles. The Morgan fingerprint density at radius 3 is 2.61 bits per heavy atom. The number of thioether (sulfide) groups is 1. The molecule has 0 aromatic carbocycles. The maximum Gasteiger partial charge on any atom is 0.441 e. The Hall–Kier alpha value is -1.25. The Kier molecular flexibility index (Phi) is 5.00. The number of rotatable bonds is 5. The van der Waals surface area contributed by atoms with Gasteiger partial charge in [0.25, 0.3) is 0 Å². The van der Waals surface area contributed by atoms with Crippen molar-refractivity contribution < 1.29 is 17.6 Å². The van der Waals surface area contributed by atoms with Crippen LogP contribution in [0.5, 0.6) is 0 Å². The molecule has 0 amide bonds. The van der Waals surface area contributed by atoms with Crippen molar-refractivity contribution >= 4 is 23.5 Å². The van der Waals surface area contributed by atoms with Crippen LogP contribution in [0.25, 0.3) is 0 Å². The van der Waals surface area contributed by atoms with Crippen molar-refractivity contribution in [2.75, 3.05) is 36.6 Å². The van der Waals surface area contributed by atoms with Crippen LogP contribution in [0.3, 0.4) is 0 Å². The van der Waals surface area contributed by atoms with Crippen LogP contribution in [-0.2, 0) is 0 Å². The molecule has 1 aromatic heterocycles. The van der Waals surface area contributed by atoms with Gasteiger partial charge in [-0.3, -0.25) is 0 Å². The largest absolute Gasteiger partial charge is 0.441 e. The highest BCUT2D eigenvalue weighted by atomic mass is 32.2. The Bertz CT molecular complexity index is 397. The Morgan fingerprint density at radius 1 is 1.39 bits per heavy atom. The van der Waals surface area contributed by atoms with E-state index in [0.29, 0.717) is 0 Å². The number of halogens is 4. The number of nitrogens with zero attached hydrogens (tertiary/aromatic N) is 3. The van der Waals surface area contributed by atoms with E-state index in [2.05, 4.69) is 15.3 Å². The molecule has 1 heterocycles. The Balaban J connectivity index is 2.51. The molecule has 1 aromatic rings. The molecule has 18 heavy (non-hydrogen) atoms. The highest BCUT2D eigenvalue weighted by Gasteiger charge is 2.27. The standard InChI is InChI=1S/C9H12F4N4S/c1-17(2)7-6(10)5-15-8(16-7)14-3-4-18-9(11,12)13/h5H,3-4H2,1-2H3,(H,14,15,16). The SMILES string of the molecule is CN(C)c1nc(NCCSC(F)(F)F)ncc1F. The first-order valence-corrected chi connectivity index (χ1v) is 5.92. The molecule has 0 radical (unpaired) electrons. The minimum atomic E-state index is -4.25. The first-order valence-electron chi connectivity index (χ1n) is 4.94. The number of anilines is 2. The van der Waals surface area contributed by atoms with Crippen molar-refractivity contribution in [1.82, 2.24) is 9.97 Å². The van der Waals surface area contributed by atoms with Gasteiger partial charge in [0.2, 0.25) is 5.95 Å². The van der Waals surface area contributed by atoms with Crippen LogP contribution in [0, 0.1) is 5.82 Å². The van der Waals surface area contributed by atoms with Crippen LogP contribution in [-0.4, -0.2) is 41.9 Å². The van der Waals surface area contributed by atoms with E-state index < -0.39 is 11.3 Å². The first-order chi connectivity index (χ1) is 8.29. The van der Waals surface area contributed by atoms with Gasteiger partial charge < -0.3 is 10.2 Å². The summed E-state index contributed by atoms with van der Waals surface area (Å²) in [5.74, 6) is -0.573. The molecule has 0 bridgehead atoms. The van der Waals surface area contributed by atoms with Crippen LogP contribution in [0.15, 0.2) is 6.20 Å². The lowest BCUT2D eigenvalue weighted by Crippen LogP contribution is -2.16. The zero-order valence-electron chi connectivity index (χ0n) is 9.75. The fourth-order valence-electron chi connectivity index (χ4n) is 1.09. The van der Waals surface area contributed by atoms with Crippen molar-refractivity contribution in [2.24, 2.45) is 0 Å². The second-order valence-corrected chi connectivity index (χ2v) is 4.64. The van der Waals surface area contributed by atoms with Crippen LogP contribution in [0.1, 0.15) is 0 Å². The maximum absolute atomic E-state index is 13.2. The number of nitrogens with one attached hydrogen (secondary N) is 1. The van der Waals surface area contributed by atoms with E-state index in [1.54, 1.807) is 14.1 Å². The summed E-state index contributed by atoms with van der Waals surface area (Å²) in [6.07, 6.45) is 0.974. The topological polar surface area (TPSA) is 41.1 Å². The van der Waals surface area contributed by atoms with E-state index in [9.17, 15) is 17.6 Å². The van der Waals surface area contributed by atoms with Crippen molar-refractivity contribution in [3.8, 4) is 0 Å². The lowest BCUT2D eigenvalue weighted by atomic mass is 10.5. The van der Waals surface area contributed by atoms with Crippen LogP contribution >= 0.6 is 11.8 Å². The van der Waals surface area contributed by atoms with Crippen molar-refractivity contribution in [1.29, 1.82) is 0 Å². The molecule has 1 rings (SSSR count). The monoisotopic (exact) mass is 284 g/mol. The summed E-state index contributed by atoms with van der Waals surface area (Å²) in [4.78, 5) is 8.94. The molecule has 1 N–H and O–H groups in total. The van der Waals surface area contributed by atoms with Gasteiger partial charge >= 0.3 is 5.51 Å². The zero-order valence-corrected chi connectivity index (χ0v) is 10.6. The summed E-state index contributed by atoms with van der Waals surface area (Å²) in [6, 6.07) is 0.